The first-order chi connectivity index (χ1) is 26.4. The van der Waals surface area contributed by atoms with Gasteiger partial charge in [0, 0.05) is 37.5 Å². The van der Waals surface area contributed by atoms with E-state index in [0.717, 1.165) is 81.5 Å². The number of hydrogen-bond acceptors (Lipinski definition) is 8. The van der Waals surface area contributed by atoms with Crippen LogP contribution in [0, 0.1) is 11.2 Å². The Bertz CT molecular complexity index is 1910. The Hall–Kier alpha value is -5.35. The number of pyridine rings is 1. The highest BCUT2D eigenvalue weighted by Crippen LogP contribution is 2.43. The number of nitrogens with two attached hydrogens (primary N) is 1. The second kappa shape index (κ2) is 17.6. The lowest BCUT2D eigenvalue weighted by Gasteiger charge is -2.47. The fourth-order valence-electron chi connectivity index (χ4n) is 7.83. The predicted molar refractivity (Wildman–Crippen MR) is 211 cm³/mol. The summed E-state index contributed by atoms with van der Waals surface area (Å²) >= 11 is 0. The number of ether oxygens (including phenoxy) is 1. The van der Waals surface area contributed by atoms with Gasteiger partial charge in [0.25, 0.3) is 5.88 Å². The zero-order valence-corrected chi connectivity index (χ0v) is 30.9. The summed E-state index contributed by atoms with van der Waals surface area (Å²) in [5.41, 5.74) is 11.2. The van der Waals surface area contributed by atoms with Crippen LogP contribution < -0.4 is 20.7 Å². The standard InChI is InChI=1S/C44H50FN7O2/c45-37-30-36(38-31-48-42(46)43(49-38)54-32-33-17-23-47-24-18-33)15-16-39(37)52-28-21-44(22-29-52)19-26-51(27-20-44)25-9-3-8-14-40(53)50-41(34-10-4-1-5-11-34)35-12-6-2-7-13-35/h1-2,4-7,10-13,15-18,23-24,30-31,41H,3,8-9,14,19-22,25-29,32H2,(H2,46,48)(H,50,53). The topological polar surface area (TPSA) is 110 Å². The van der Waals surface area contributed by atoms with Crippen molar-refractivity contribution in [3.63, 3.8) is 0 Å². The molecule has 0 saturated carbocycles. The van der Waals surface area contributed by atoms with Gasteiger partial charge in [-0.3, -0.25) is 9.78 Å². The van der Waals surface area contributed by atoms with Crippen LogP contribution in [0.1, 0.15) is 74.1 Å². The molecule has 4 heterocycles. The van der Waals surface area contributed by atoms with Crippen LogP contribution in [0.2, 0.25) is 0 Å². The quantitative estimate of drug-likeness (QED) is 0.111. The van der Waals surface area contributed by atoms with Crippen LogP contribution in [0.5, 0.6) is 5.88 Å². The van der Waals surface area contributed by atoms with Crippen molar-refractivity contribution >= 4 is 17.4 Å². The van der Waals surface area contributed by atoms with Crippen molar-refractivity contribution < 1.29 is 13.9 Å². The number of carbonyl (C=O) groups is 1. The van der Waals surface area contributed by atoms with Gasteiger partial charge in [-0.25, -0.2) is 14.4 Å². The van der Waals surface area contributed by atoms with Crippen LogP contribution >= 0.6 is 0 Å². The van der Waals surface area contributed by atoms with Gasteiger partial charge in [-0.15, -0.1) is 0 Å². The third kappa shape index (κ3) is 9.41. The number of unbranched alkanes of at least 4 members (excludes halogenated alkanes) is 2. The number of nitrogens with one attached hydrogen (secondary N) is 1. The SMILES string of the molecule is Nc1ncc(-c2ccc(N3CCC4(CCN(CCCCCC(=O)NC(c5ccccc5)c5ccccc5)CC4)CC3)c(F)c2)nc1OCc1ccncc1. The van der Waals surface area contributed by atoms with E-state index in [1.807, 2.05) is 60.7 Å². The number of nitrogens with zero attached hydrogens (tertiary/aromatic N) is 5. The van der Waals surface area contributed by atoms with E-state index in [0.29, 0.717) is 28.8 Å². The Balaban J connectivity index is 0.827. The van der Waals surface area contributed by atoms with Gasteiger partial charge in [0.1, 0.15) is 12.4 Å². The van der Waals surface area contributed by atoms with Crippen molar-refractivity contribution in [3.8, 4) is 17.1 Å². The number of carbonyl (C=O) groups excluding carboxylic acids is 1. The molecular formula is C44H50FN7O2. The third-order valence-electron chi connectivity index (χ3n) is 11.2. The largest absolute Gasteiger partial charge is 0.470 e. The molecule has 0 aliphatic carbocycles. The average molecular weight is 728 g/mol. The maximum Gasteiger partial charge on any atom is 0.258 e. The molecule has 10 heteroatoms. The summed E-state index contributed by atoms with van der Waals surface area (Å²) in [5.74, 6) is 0.244. The van der Waals surface area contributed by atoms with Gasteiger partial charge in [-0.1, -0.05) is 73.2 Å². The van der Waals surface area contributed by atoms with E-state index in [-0.39, 0.29) is 36.1 Å². The number of piperidine rings is 2. The minimum atomic E-state index is -0.263. The molecule has 5 aromatic rings. The third-order valence-corrected chi connectivity index (χ3v) is 11.2. The van der Waals surface area contributed by atoms with Gasteiger partial charge in [-0.05, 0) is 105 Å². The molecule has 1 spiro atoms. The second-order valence-electron chi connectivity index (χ2n) is 14.7. The summed E-state index contributed by atoms with van der Waals surface area (Å²) in [5, 5.41) is 3.27. The monoisotopic (exact) mass is 727 g/mol. The van der Waals surface area contributed by atoms with Crippen LogP contribution in [0.4, 0.5) is 15.9 Å². The molecule has 2 aromatic heterocycles. The maximum atomic E-state index is 15.6. The summed E-state index contributed by atoms with van der Waals surface area (Å²) < 4.78 is 21.4. The number of likely N-dealkylation sites (tertiary alicyclic amines) is 1. The molecule has 0 unspecified atom stereocenters. The Labute approximate surface area is 317 Å². The molecule has 9 nitrogen and oxygen atoms in total. The normalized spacial score (nSPS) is 15.7. The fourth-order valence-corrected chi connectivity index (χ4v) is 7.83. The van der Waals surface area contributed by atoms with Gasteiger partial charge in [-0.2, -0.15) is 0 Å². The minimum absolute atomic E-state index is 0.100. The number of rotatable bonds is 14. The van der Waals surface area contributed by atoms with Crippen molar-refractivity contribution in [2.45, 2.75) is 64.0 Å². The molecular weight excluding hydrogens is 678 g/mol. The molecule has 0 radical (unpaired) electrons. The summed E-state index contributed by atoms with van der Waals surface area (Å²) in [6, 6.07) is 29.2. The summed E-state index contributed by atoms with van der Waals surface area (Å²) in [6.45, 7) is 5.27. The number of aromatic nitrogens is 3. The van der Waals surface area contributed by atoms with Gasteiger partial charge in [0.2, 0.25) is 5.91 Å². The van der Waals surface area contributed by atoms with Crippen LogP contribution in [-0.4, -0.2) is 58.5 Å². The molecule has 2 saturated heterocycles. The van der Waals surface area contributed by atoms with Crippen LogP contribution in [-0.2, 0) is 11.4 Å². The van der Waals surface area contributed by atoms with Crippen LogP contribution in [0.15, 0.2) is 110 Å². The van der Waals surface area contributed by atoms with Gasteiger partial charge in [0.05, 0.1) is 23.6 Å². The highest BCUT2D eigenvalue weighted by atomic mass is 19.1. The molecule has 0 atom stereocenters. The lowest BCUT2D eigenvalue weighted by molar-refractivity contribution is -0.121. The lowest BCUT2D eigenvalue weighted by Crippen LogP contribution is -2.47. The van der Waals surface area contributed by atoms with Crippen molar-refractivity contribution in [1.29, 1.82) is 0 Å². The van der Waals surface area contributed by atoms with Crippen LogP contribution in [0.3, 0.4) is 0 Å². The molecule has 1 amide bonds. The summed E-state index contributed by atoms with van der Waals surface area (Å²) in [7, 11) is 0. The zero-order chi connectivity index (χ0) is 37.2. The van der Waals surface area contributed by atoms with E-state index in [2.05, 4.69) is 54.3 Å². The van der Waals surface area contributed by atoms with E-state index in [9.17, 15) is 4.79 Å². The first-order valence-corrected chi connectivity index (χ1v) is 19.3. The second-order valence-corrected chi connectivity index (χ2v) is 14.7. The van der Waals surface area contributed by atoms with Gasteiger partial charge in [0.15, 0.2) is 5.82 Å². The zero-order valence-electron chi connectivity index (χ0n) is 30.9. The molecule has 54 heavy (non-hydrogen) atoms. The van der Waals surface area contributed by atoms with Crippen molar-refractivity contribution in [2.24, 2.45) is 5.41 Å². The number of halogens is 1. The Morgan fingerprint density at radius 3 is 2.19 bits per heavy atom. The maximum absolute atomic E-state index is 15.6. The highest BCUT2D eigenvalue weighted by molar-refractivity contribution is 5.77. The van der Waals surface area contributed by atoms with Gasteiger partial charge < -0.3 is 25.6 Å². The van der Waals surface area contributed by atoms with E-state index in [1.165, 1.54) is 18.9 Å². The highest BCUT2D eigenvalue weighted by Gasteiger charge is 2.38. The lowest BCUT2D eigenvalue weighted by atomic mass is 9.71. The fraction of sp³-hybridized carbons (Fsp3) is 0.364. The molecule has 280 valence electrons. The van der Waals surface area contributed by atoms with E-state index in [4.69, 9.17) is 10.5 Å². The summed E-state index contributed by atoms with van der Waals surface area (Å²) in [6.07, 6.45) is 13.0. The Morgan fingerprint density at radius 2 is 1.52 bits per heavy atom. The van der Waals surface area contributed by atoms with E-state index < -0.39 is 0 Å². The number of benzene rings is 3. The first kappa shape index (κ1) is 37.0. The molecule has 2 aliphatic heterocycles. The van der Waals surface area contributed by atoms with E-state index in [1.54, 1.807) is 18.6 Å². The molecule has 0 bridgehead atoms. The molecule has 2 fully saturated rings. The predicted octanol–water partition coefficient (Wildman–Crippen LogP) is 7.99. The Morgan fingerprint density at radius 1 is 0.852 bits per heavy atom. The molecule has 7 rings (SSSR count). The number of nitrogen functional groups attached to an aromatic ring is 1. The summed E-state index contributed by atoms with van der Waals surface area (Å²) in [4.78, 5) is 30.5. The Kier molecular flexibility index (Phi) is 12.1. The number of hydrogen-bond donors (Lipinski definition) is 2. The molecule has 3 N–H and O–H groups in total. The average Bonchev–Trinajstić information content (AvgIpc) is 3.22. The first-order valence-electron chi connectivity index (χ1n) is 19.3. The number of anilines is 2. The van der Waals surface area contributed by atoms with Gasteiger partial charge >= 0.3 is 0 Å². The minimum Gasteiger partial charge on any atom is -0.470 e. The van der Waals surface area contributed by atoms with Crippen LogP contribution in [0.25, 0.3) is 11.3 Å². The van der Waals surface area contributed by atoms with Crippen molar-refractivity contribution in [1.82, 2.24) is 25.2 Å². The van der Waals surface area contributed by atoms with Crippen molar-refractivity contribution in [3.05, 3.63) is 132 Å². The molecule has 3 aromatic carbocycles. The molecule has 2 aliphatic rings. The van der Waals surface area contributed by atoms with Crippen molar-refractivity contribution in [2.75, 3.05) is 43.4 Å². The number of amides is 1. The smallest absolute Gasteiger partial charge is 0.258 e. The van der Waals surface area contributed by atoms with E-state index >= 15 is 4.39 Å².